The van der Waals surface area contributed by atoms with Gasteiger partial charge >= 0.3 is 0 Å². The molecule has 4 rings (SSSR count). The maximum atomic E-state index is 13.5. The van der Waals surface area contributed by atoms with Crippen molar-refractivity contribution in [3.63, 3.8) is 0 Å². The molecular formula is C33H36FN3O6S. The van der Waals surface area contributed by atoms with Gasteiger partial charge in [0.05, 0.1) is 31.3 Å². The van der Waals surface area contributed by atoms with Crippen molar-refractivity contribution in [3.8, 4) is 11.5 Å². The van der Waals surface area contributed by atoms with E-state index in [2.05, 4.69) is 15.4 Å². The summed E-state index contributed by atoms with van der Waals surface area (Å²) in [5.41, 5.74) is 2.48. The summed E-state index contributed by atoms with van der Waals surface area (Å²) >= 11 is 0. The van der Waals surface area contributed by atoms with Crippen molar-refractivity contribution in [2.24, 2.45) is 0 Å². The maximum Gasteiger partial charge on any atom is 0.251 e. The second kappa shape index (κ2) is 15.4. The van der Waals surface area contributed by atoms with Gasteiger partial charge in [-0.15, -0.1) is 0 Å². The molecule has 0 saturated heterocycles. The number of carbonyl (C=O) groups excluding carboxylic acids is 1. The minimum atomic E-state index is -3.95. The second-order valence-electron chi connectivity index (χ2n) is 10.2. The van der Waals surface area contributed by atoms with E-state index in [1.165, 1.54) is 43.5 Å². The molecule has 4 N–H and O–H groups in total. The van der Waals surface area contributed by atoms with Crippen LogP contribution in [0.4, 0.5) is 4.39 Å². The molecule has 2 unspecified atom stereocenters. The molecule has 0 saturated carbocycles. The summed E-state index contributed by atoms with van der Waals surface area (Å²) in [7, 11) is -0.834. The van der Waals surface area contributed by atoms with Crippen LogP contribution in [0.5, 0.6) is 11.5 Å². The molecule has 0 radical (unpaired) electrons. The lowest BCUT2D eigenvalue weighted by molar-refractivity contribution is 0.0829. The predicted octanol–water partition coefficient (Wildman–Crippen LogP) is 3.81. The fourth-order valence-electron chi connectivity index (χ4n) is 4.55. The van der Waals surface area contributed by atoms with E-state index in [4.69, 9.17) is 9.47 Å². The number of amides is 1. The Bertz CT molecular complexity index is 1650. The van der Waals surface area contributed by atoms with Gasteiger partial charge in [-0.05, 0) is 77.7 Å². The first kappa shape index (κ1) is 32.6. The fourth-order valence-corrected chi connectivity index (χ4v) is 5.61. The second-order valence-corrected chi connectivity index (χ2v) is 11.9. The van der Waals surface area contributed by atoms with E-state index in [-0.39, 0.29) is 30.0 Å². The Morgan fingerprint density at radius 3 is 2.07 bits per heavy atom. The van der Waals surface area contributed by atoms with Crippen molar-refractivity contribution < 1.29 is 32.2 Å². The van der Waals surface area contributed by atoms with Crippen LogP contribution in [0.15, 0.2) is 102 Å². The molecule has 232 valence electrons. The Morgan fingerprint density at radius 1 is 0.818 bits per heavy atom. The topological polar surface area (TPSA) is 126 Å². The zero-order valence-corrected chi connectivity index (χ0v) is 25.3. The van der Waals surface area contributed by atoms with Crippen molar-refractivity contribution in [2.45, 2.75) is 36.6 Å². The average molecular weight is 622 g/mol. The predicted molar refractivity (Wildman–Crippen MR) is 166 cm³/mol. The number of ether oxygens (including phenoxy) is 2. The van der Waals surface area contributed by atoms with Gasteiger partial charge in [-0.1, -0.05) is 42.5 Å². The van der Waals surface area contributed by atoms with Crippen LogP contribution in [-0.4, -0.2) is 52.3 Å². The highest BCUT2D eigenvalue weighted by Crippen LogP contribution is 2.17. The highest BCUT2D eigenvalue weighted by molar-refractivity contribution is 7.89. The van der Waals surface area contributed by atoms with Crippen LogP contribution in [0.1, 0.15) is 27.0 Å². The highest BCUT2D eigenvalue weighted by Gasteiger charge is 2.24. The lowest BCUT2D eigenvalue weighted by Crippen LogP contribution is -2.48. The molecule has 4 aromatic rings. The number of carbonyl (C=O) groups is 1. The van der Waals surface area contributed by atoms with Gasteiger partial charge in [0.25, 0.3) is 5.91 Å². The normalized spacial score (nSPS) is 12.7. The van der Waals surface area contributed by atoms with Gasteiger partial charge in [0.2, 0.25) is 10.0 Å². The van der Waals surface area contributed by atoms with Crippen LogP contribution in [0.3, 0.4) is 0 Å². The summed E-state index contributed by atoms with van der Waals surface area (Å²) in [5.74, 6) is 0.362. The van der Waals surface area contributed by atoms with Gasteiger partial charge in [0.15, 0.2) is 0 Å². The zero-order chi connectivity index (χ0) is 31.5. The molecule has 4 aromatic carbocycles. The number of hydrogen-bond acceptors (Lipinski definition) is 7. The first-order chi connectivity index (χ1) is 21.2. The molecule has 11 heteroatoms. The molecule has 0 aliphatic carbocycles. The number of benzene rings is 4. The summed E-state index contributed by atoms with van der Waals surface area (Å²) in [6.07, 6.45) is -0.806. The van der Waals surface area contributed by atoms with E-state index in [0.717, 1.165) is 5.56 Å². The number of aliphatic hydroxyl groups excluding tert-OH is 1. The number of methoxy groups -OCH3 is 2. The third kappa shape index (κ3) is 9.35. The number of nitrogens with one attached hydrogen (secondary N) is 3. The van der Waals surface area contributed by atoms with E-state index in [0.29, 0.717) is 29.2 Å². The number of rotatable bonds is 15. The third-order valence-corrected chi connectivity index (χ3v) is 8.37. The molecule has 2 atom stereocenters. The van der Waals surface area contributed by atoms with Gasteiger partial charge < -0.3 is 25.2 Å². The molecule has 0 heterocycles. The number of aliphatic hydroxyl groups is 1. The molecule has 9 nitrogen and oxygen atoms in total. The fraction of sp³-hybridized carbons (Fsp3) is 0.242. The third-order valence-electron chi connectivity index (χ3n) is 6.97. The van der Waals surface area contributed by atoms with Crippen molar-refractivity contribution in [1.29, 1.82) is 0 Å². The van der Waals surface area contributed by atoms with Crippen molar-refractivity contribution in [2.75, 3.05) is 20.8 Å². The summed E-state index contributed by atoms with van der Waals surface area (Å²) in [6.45, 7) is 0.630. The van der Waals surface area contributed by atoms with Gasteiger partial charge in [-0.25, -0.2) is 17.5 Å². The van der Waals surface area contributed by atoms with Crippen molar-refractivity contribution in [3.05, 3.63) is 125 Å². The van der Waals surface area contributed by atoms with Gasteiger partial charge in [-0.3, -0.25) is 4.79 Å². The van der Waals surface area contributed by atoms with E-state index in [1.54, 1.807) is 43.5 Å². The van der Waals surface area contributed by atoms with Crippen LogP contribution in [0, 0.1) is 5.82 Å². The van der Waals surface area contributed by atoms with E-state index >= 15 is 0 Å². The zero-order valence-electron chi connectivity index (χ0n) is 24.5. The Hall–Kier alpha value is -4.29. The van der Waals surface area contributed by atoms with Crippen LogP contribution < -0.4 is 24.8 Å². The number of halogens is 1. The number of hydrogen-bond donors (Lipinski definition) is 4. The molecule has 0 spiro atoms. The van der Waals surface area contributed by atoms with Crippen LogP contribution in [-0.2, 0) is 29.5 Å². The summed E-state index contributed by atoms with van der Waals surface area (Å²) in [4.78, 5) is 13.3. The van der Waals surface area contributed by atoms with Crippen molar-refractivity contribution in [1.82, 2.24) is 15.4 Å². The largest absolute Gasteiger partial charge is 0.497 e. The highest BCUT2D eigenvalue weighted by atomic mass is 32.2. The first-order valence-electron chi connectivity index (χ1n) is 14.0. The molecule has 44 heavy (non-hydrogen) atoms. The van der Waals surface area contributed by atoms with Crippen LogP contribution in [0.25, 0.3) is 0 Å². The van der Waals surface area contributed by atoms with Crippen molar-refractivity contribution >= 4 is 15.9 Å². The standard InChI is InChI=1S/C33H36FN3O6S/c1-42-28-9-3-6-24(16-28)20-35-22-32(38)31(18-23-12-14-27(34)15-13-23)37-33(39)26-8-5-11-30(19-26)44(40,41)36-21-25-7-4-10-29(17-25)43-2/h3-17,19,31-32,35-36,38H,18,20-22H2,1-2H3,(H,37,39). The molecule has 0 fully saturated rings. The molecule has 0 aliphatic rings. The molecular weight excluding hydrogens is 585 g/mol. The first-order valence-corrected chi connectivity index (χ1v) is 15.4. The Kier molecular flexibility index (Phi) is 11.4. The minimum Gasteiger partial charge on any atom is -0.497 e. The SMILES string of the molecule is COc1cccc(CNCC(O)C(Cc2ccc(F)cc2)NC(=O)c2cccc(S(=O)(=O)NCc3cccc(OC)c3)c2)c1. The lowest BCUT2D eigenvalue weighted by Gasteiger charge is -2.25. The quantitative estimate of drug-likeness (QED) is 0.159. The van der Waals surface area contributed by atoms with Gasteiger partial charge in [0.1, 0.15) is 17.3 Å². The summed E-state index contributed by atoms with van der Waals surface area (Å²) in [5, 5.41) is 17.1. The lowest BCUT2D eigenvalue weighted by atomic mass is 10.00. The molecule has 0 bridgehead atoms. The maximum absolute atomic E-state index is 13.5. The summed E-state index contributed by atoms with van der Waals surface area (Å²) in [6, 6.07) is 25.2. The van der Waals surface area contributed by atoms with E-state index < -0.39 is 33.9 Å². The van der Waals surface area contributed by atoms with Crippen LogP contribution >= 0.6 is 0 Å². The van der Waals surface area contributed by atoms with E-state index in [9.17, 15) is 22.7 Å². The minimum absolute atomic E-state index is 0.0324. The van der Waals surface area contributed by atoms with E-state index in [1.807, 2.05) is 24.3 Å². The van der Waals surface area contributed by atoms with Gasteiger partial charge in [-0.2, -0.15) is 0 Å². The number of sulfonamides is 1. The monoisotopic (exact) mass is 621 g/mol. The average Bonchev–Trinajstić information content (AvgIpc) is 3.04. The Morgan fingerprint density at radius 2 is 1.43 bits per heavy atom. The molecule has 0 aliphatic heterocycles. The Labute approximate surface area is 257 Å². The van der Waals surface area contributed by atoms with Gasteiger partial charge in [0, 0.05) is 25.2 Å². The molecule has 1 amide bonds. The Balaban J connectivity index is 1.45. The molecule has 0 aromatic heterocycles. The van der Waals surface area contributed by atoms with Crippen LogP contribution in [0.2, 0.25) is 0 Å². The summed E-state index contributed by atoms with van der Waals surface area (Å²) < 4.78 is 52.6. The smallest absolute Gasteiger partial charge is 0.251 e.